The molecule has 1 saturated heterocycles. The van der Waals surface area contributed by atoms with Crippen molar-refractivity contribution in [2.75, 3.05) is 18.0 Å². The van der Waals surface area contributed by atoms with Gasteiger partial charge in [-0.25, -0.2) is 9.97 Å². The zero-order valence-corrected chi connectivity index (χ0v) is 11.5. The van der Waals surface area contributed by atoms with Crippen molar-refractivity contribution in [1.82, 2.24) is 9.97 Å². The lowest BCUT2D eigenvalue weighted by atomic mass is 9.78. The van der Waals surface area contributed by atoms with E-state index in [9.17, 15) is 0 Å². The zero-order chi connectivity index (χ0) is 13.9. The van der Waals surface area contributed by atoms with E-state index in [4.69, 9.17) is 10.9 Å². The second kappa shape index (κ2) is 5.42. The summed E-state index contributed by atoms with van der Waals surface area (Å²) in [6.07, 6.45) is 5.12. The lowest BCUT2D eigenvalue weighted by Crippen LogP contribution is -2.39. The molecule has 0 aromatic carbocycles. The molecule has 0 saturated carbocycles. The van der Waals surface area contributed by atoms with Gasteiger partial charge in [0.05, 0.1) is 0 Å². The third kappa shape index (κ3) is 2.94. The molecule has 0 bridgehead atoms. The molecule has 1 aromatic rings. The molecule has 104 valence electrons. The quantitative estimate of drug-likeness (QED) is 0.374. The summed E-state index contributed by atoms with van der Waals surface area (Å²) in [5, 5.41) is 11.6. The summed E-state index contributed by atoms with van der Waals surface area (Å²) in [6.45, 7) is 6.47. The van der Waals surface area contributed by atoms with Gasteiger partial charge >= 0.3 is 0 Å². The van der Waals surface area contributed by atoms with E-state index in [2.05, 4.69) is 33.9 Å². The van der Waals surface area contributed by atoms with Crippen molar-refractivity contribution >= 4 is 11.8 Å². The van der Waals surface area contributed by atoms with Crippen LogP contribution in [0.2, 0.25) is 0 Å². The fraction of sp³-hybridized carbons (Fsp3) is 0.615. The predicted octanol–water partition coefficient (Wildman–Crippen LogP) is 1.59. The molecule has 0 atom stereocenters. The number of anilines is 1. The Bertz CT molecular complexity index is 466. The molecular weight excluding hydrogens is 242 g/mol. The number of oxime groups is 1. The van der Waals surface area contributed by atoms with Crippen LogP contribution < -0.4 is 10.6 Å². The average molecular weight is 263 g/mol. The van der Waals surface area contributed by atoms with Gasteiger partial charge in [-0.05, 0) is 24.3 Å². The summed E-state index contributed by atoms with van der Waals surface area (Å²) in [5.74, 6) is 0.668. The smallest absolute Gasteiger partial charge is 0.225 e. The Morgan fingerprint density at radius 1 is 1.53 bits per heavy atom. The van der Waals surface area contributed by atoms with Gasteiger partial charge in [0.15, 0.2) is 5.84 Å². The maximum absolute atomic E-state index is 8.68. The zero-order valence-electron chi connectivity index (χ0n) is 11.5. The van der Waals surface area contributed by atoms with Gasteiger partial charge < -0.3 is 15.8 Å². The molecule has 6 nitrogen and oxygen atoms in total. The van der Waals surface area contributed by atoms with Gasteiger partial charge in [-0.1, -0.05) is 25.4 Å². The highest BCUT2D eigenvalue weighted by molar-refractivity contribution is 5.95. The summed E-state index contributed by atoms with van der Waals surface area (Å²) in [6, 6.07) is 1.64. The van der Waals surface area contributed by atoms with Gasteiger partial charge in [-0.15, -0.1) is 0 Å². The molecule has 0 unspecified atom stereocenters. The van der Waals surface area contributed by atoms with Crippen LogP contribution in [0, 0.1) is 5.41 Å². The van der Waals surface area contributed by atoms with E-state index in [1.165, 1.54) is 6.42 Å². The summed E-state index contributed by atoms with van der Waals surface area (Å²) in [7, 11) is 0. The molecule has 2 rings (SSSR count). The topological polar surface area (TPSA) is 87.6 Å². The molecule has 3 N–H and O–H groups in total. The molecular formula is C13H21N5O. The Balaban J connectivity index is 2.12. The van der Waals surface area contributed by atoms with Crippen LogP contribution in [0.15, 0.2) is 17.4 Å². The van der Waals surface area contributed by atoms with E-state index in [0.717, 1.165) is 25.9 Å². The first-order chi connectivity index (χ1) is 9.08. The van der Waals surface area contributed by atoms with Crippen LogP contribution in [0.5, 0.6) is 0 Å². The summed E-state index contributed by atoms with van der Waals surface area (Å²) >= 11 is 0. The van der Waals surface area contributed by atoms with Crippen molar-refractivity contribution in [3.63, 3.8) is 0 Å². The van der Waals surface area contributed by atoms with Crippen LogP contribution in [0.3, 0.4) is 0 Å². The highest BCUT2D eigenvalue weighted by Gasteiger charge is 2.29. The molecule has 6 heteroatoms. The van der Waals surface area contributed by atoms with Gasteiger partial charge in [0, 0.05) is 19.3 Å². The summed E-state index contributed by atoms with van der Waals surface area (Å²) in [5.41, 5.74) is 6.43. The van der Waals surface area contributed by atoms with Gasteiger partial charge in [-0.2, -0.15) is 0 Å². The third-order valence-corrected chi connectivity index (χ3v) is 4.12. The van der Waals surface area contributed by atoms with Crippen molar-refractivity contribution < 1.29 is 5.21 Å². The second-order valence-electron chi connectivity index (χ2n) is 5.38. The fourth-order valence-electron chi connectivity index (χ4n) is 2.29. The maximum Gasteiger partial charge on any atom is 0.225 e. The Labute approximate surface area is 113 Å². The lowest BCUT2D eigenvalue weighted by molar-refractivity contribution is 0.237. The SMILES string of the molecule is CCC1(C)CCN(c2nccc(/C(N)=N/O)n2)CC1. The number of aromatic nitrogens is 2. The maximum atomic E-state index is 8.68. The van der Waals surface area contributed by atoms with E-state index in [1.807, 2.05) is 0 Å². The average Bonchev–Trinajstić information content (AvgIpc) is 2.47. The van der Waals surface area contributed by atoms with Crippen LogP contribution in [-0.4, -0.2) is 34.1 Å². The number of hydrogen-bond acceptors (Lipinski definition) is 5. The van der Waals surface area contributed by atoms with Crippen LogP contribution in [-0.2, 0) is 0 Å². The standard InChI is InChI=1S/C13H21N5O/c1-3-13(2)5-8-18(9-6-13)12-15-7-4-10(16-12)11(14)17-19/h4,7,19H,3,5-6,8-9H2,1-2H3,(H2,14,17). The Hall–Kier alpha value is -1.85. The van der Waals surface area contributed by atoms with Crippen LogP contribution in [0.4, 0.5) is 5.95 Å². The Morgan fingerprint density at radius 2 is 2.21 bits per heavy atom. The molecule has 19 heavy (non-hydrogen) atoms. The molecule has 0 amide bonds. The monoisotopic (exact) mass is 263 g/mol. The number of hydrogen-bond donors (Lipinski definition) is 2. The van der Waals surface area contributed by atoms with Gasteiger partial charge in [-0.3, -0.25) is 0 Å². The molecule has 1 aliphatic rings. The fourth-order valence-corrected chi connectivity index (χ4v) is 2.29. The van der Waals surface area contributed by atoms with Crippen molar-refractivity contribution in [1.29, 1.82) is 0 Å². The van der Waals surface area contributed by atoms with Crippen molar-refractivity contribution in [2.45, 2.75) is 33.1 Å². The van der Waals surface area contributed by atoms with Crippen LogP contribution in [0.1, 0.15) is 38.8 Å². The summed E-state index contributed by atoms with van der Waals surface area (Å²) in [4.78, 5) is 10.8. The van der Waals surface area contributed by atoms with E-state index >= 15 is 0 Å². The molecule has 1 aromatic heterocycles. The predicted molar refractivity (Wildman–Crippen MR) is 74.4 cm³/mol. The highest BCUT2D eigenvalue weighted by Crippen LogP contribution is 2.34. The molecule has 0 aliphatic carbocycles. The molecule has 1 fully saturated rings. The van der Waals surface area contributed by atoms with Gasteiger partial charge in [0.1, 0.15) is 5.69 Å². The van der Waals surface area contributed by atoms with Crippen molar-refractivity contribution in [3.8, 4) is 0 Å². The van der Waals surface area contributed by atoms with Crippen molar-refractivity contribution in [3.05, 3.63) is 18.0 Å². The normalized spacial score (nSPS) is 19.5. The van der Waals surface area contributed by atoms with E-state index in [-0.39, 0.29) is 5.84 Å². The molecule has 0 spiro atoms. The molecule has 2 heterocycles. The summed E-state index contributed by atoms with van der Waals surface area (Å²) < 4.78 is 0. The Kier molecular flexibility index (Phi) is 3.87. The largest absolute Gasteiger partial charge is 0.409 e. The molecule has 1 aliphatic heterocycles. The third-order valence-electron chi connectivity index (χ3n) is 4.12. The lowest BCUT2D eigenvalue weighted by Gasteiger charge is -2.38. The van der Waals surface area contributed by atoms with E-state index in [1.54, 1.807) is 12.3 Å². The second-order valence-corrected chi connectivity index (χ2v) is 5.38. The van der Waals surface area contributed by atoms with Crippen molar-refractivity contribution in [2.24, 2.45) is 16.3 Å². The number of rotatable bonds is 3. The number of piperidine rings is 1. The number of amidine groups is 1. The highest BCUT2D eigenvalue weighted by atomic mass is 16.4. The van der Waals surface area contributed by atoms with E-state index in [0.29, 0.717) is 17.1 Å². The minimum atomic E-state index is 0.0130. The van der Waals surface area contributed by atoms with Crippen LogP contribution in [0.25, 0.3) is 0 Å². The first-order valence-electron chi connectivity index (χ1n) is 6.64. The minimum absolute atomic E-state index is 0.0130. The molecule has 0 radical (unpaired) electrons. The first kappa shape index (κ1) is 13.6. The Morgan fingerprint density at radius 3 is 2.79 bits per heavy atom. The first-order valence-corrected chi connectivity index (χ1v) is 6.64. The minimum Gasteiger partial charge on any atom is -0.409 e. The van der Waals surface area contributed by atoms with Gasteiger partial charge in [0.25, 0.3) is 0 Å². The number of nitrogens with two attached hydrogens (primary N) is 1. The van der Waals surface area contributed by atoms with E-state index < -0.39 is 0 Å². The number of nitrogens with zero attached hydrogens (tertiary/aromatic N) is 4. The van der Waals surface area contributed by atoms with Crippen LogP contribution >= 0.6 is 0 Å². The van der Waals surface area contributed by atoms with Gasteiger partial charge in [0.2, 0.25) is 5.95 Å².